The first kappa shape index (κ1) is 14.3. The molecule has 0 radical (unpaired) electrons. The van der Waals surface area contributed by atoms with Crippen molar-refractivity contribution in [2.75, 3.05) is 24.5 Å². The van der Waals surface area contributed by atoms with Crippen molar-refractivity contribution in [3.8, 4) is 0 Å². The molecule has 2 heterocycles. The summed E-state index contributed by atoms with van der Waals surface area (Å²) in [5.41, 5.74) is 1.17. The average Bonchev–Trinajstić information content (AvgIpc) is 2.89. The lowest BCUT2D eigenvalue weighted by atomic mass is 10.0. The molecule has 2 rings (SSSR count). The first-order chi connectivity index (χ1) is 9.33. The van der Waals surface area contributed by atoms with Gasteiger partial charge in [0.15, 0.2) is 0 Å². The molecule has 1 aliphatic rings. The Labute approximate surface area is 116 Å². The van der Waals surface area contributed by atoms with E-state index in [9.17, 15) is 0 Å². The zero-order valence-corrected chi connectivity index (χ0v) is 12.2. The fourth-order valence-electron chi connectivity index (χ4n) is 2.67. The van der Waals surface area contributed by atoms with Gasteiger partial charge >= 0.3 is 0 Å². The van der Waals surface area contributed by atoms with Gasteiger partial charge in [0.05, 0.1) is 0 Å². The van der Waals surface area contributed by atoms with Crippen LogP contribution >= 0.6 is 0 Å². The predicted octanol–water partition coefficient (Wildman–Crippen LogP) is 2.60. The molecule has 0 spiro atoms. The summed E-state index contributed by atoms with van der Waals surface area (Å²) in [6.45, 7) is 8.59. The van der Waals surface area contributed by atoms with Gasteiger partial charge in [0, 0.05) is 37.6 Å². The van der Waals surface area contributed by atoms with E-state index in [4.69, 9.17) is 0 Å². The number of nitrogens with zero attached hydrogens (tertiary/aromatic N) is 3. The van der Waals surface area contributed by atoms with E-state index >= 15 is 0 Å². The third kappa shape index (κ3) is 4.16. The minimum atomic E-state index is 0.833. The van der Waals surface area contributed by atoms with Crippen LogP contribution in [0, 0.1) is 5.92 Å². The van der Waals surface area contributed by atoms with E-state index in [1.807, 2.05) is 12.4 Å². The van der Waals surface area contributed by atoms with Crippen LogP contribution in [-0.4, -0.2) is 29.6 Å². The second kappa shape index (κ2) is 7.43. The predicted molar refractivity (Wildman–Crippen MR) is 79.3 cm³/mol. The van der Waals surface area contributed by atoms with Crippen molar-refractivity contribution in [3.63, 3.8) is 0 Å². The third-order valence-corrected chi connectivity index (χ3v) is 3.71. The van der Waals surface area contributed by atoms with Gasteiger partial charge < -0.3 is 10.2 Å². The Kier molecular flexibility index (Phi) is 5.58. The van der Waals surface area contributed by atoms with Crippen LogP contribution < -0.4 is 10.2 Å². The van der Waals surface area contributed by atoms with Gasteiger partial charge in [-0.05, 0) is 31.7 Å². The Balaban J connectivity index is 1.85. The molecule has 1 unspecified atom stereocenters. The third-order valence-electron chi connectivity index (χ3n) is 3.71. The van der Waals surface area contributed by atoms with Gasteiger partial charge in [-0.3, -0.25) is 0 Å². The molecule has 1 aromatic rings. The van der Waals surface area contributed by atoms with Crippen molar-refractivity contribution < 1.29 is 0 Å². The van der Waals surface area contributed by atoms with Gasteiger partial charge in [0.2, 0.25) is 5.95 Å². The smallest absolute Gasteiger partial charge is 0.225 e. The fourth-order valence-corrected chi connectivity index (χ4v) is 2.67. The first-order valence-electron chi connectivity index (χ1n) is 7.60. The van der Waals surface area contributed by atoms with E-state index in [1.54, 1.807) is 0 Å². The van der Waals surface area contributed by atoms with Crippen LogP contribution in [0.4, 0.5) is 5.95 Å². The topological polar surface area (TPSA) is 41.1 Å². The number of anilines is 1. The van der Waals surface area contributed by atoms with E-state index in [0.717, 1.165) is 44.5 Å². The maximum Gasteiger partial charge on any atom is 0.225 e. The highest BCUT2D eigenvalue weighted by Gasteiger charge is 2.23. The van der Waals surface area contributed by atoms with Crippen molar-refractivity contribution in [1.29, 1.82) is 0 Å². The van der Waals surface area contributed by atoms with Gasteiger partial charge in [-0.2, -0.15) is 0 Å². The van der Waals surface area contributed by atoms with E-state index in [1.165, 1.54) is 24.8 Å². The lowest BCUT2D eigenvalue weighted by Crippen LogP contribution is -2.22. The number of hydrogen-bond acceptors (Lipinski definition) is 4. The molecule has 1 aromatic heterocycles. The van der Waals surface area contributed by atoms with Gasteiger partial charge in [-0.15, -0.1) is 0 Å². The van der Waals surface area contributed by atoms with Crippen molar-refractivity contribution in [2.24, 2.45) is 5.92 Å². The lowest BCUT2D eigenvalue weighted by molar-refractivity contribution is 0.529. The first-order valence-corrected chi connectivity index (χ1v) is 7.60. The lowest BCUT2D eigenvalue weighted by Gasteiger charge is -2.16. The molecular formula is C15H26N4. The van der Waals surface area contributed by atoms with Gasteiger partial charge in [-0.25, -0.2) is 9.97 Å². The van der Waals surface area contributed by atoms with Crippen LogP contribution in [-0.2, 0) is 6.54 Å². The van der Waals surface area contributed by atoms with Crippen molar-refractivity contribution in [2.45, 2.75) is 46.1 Å². The minimum Gasteiger partial charge on any atom is -0.341 e. The molecule has 0 saturated carbocycles. The van der Waals surface area contributed by atoms with Crippen molar-refractivity contribution >= 4 is 5.95 Å². The number of hydrogen-bond donors (Lipinski definition) is 1. The Morgan fingerprint density at radius 1 is 1.26 bits per heavy atom. The van der Waals surface area contributed by atoms with Crippen LogP contribution in [0.2, 0.25) is 0 Å². The van der Waals surface area contributed by atoms with Crippen LogP contribution in [0.5, 0.6) is 0 Å². The molecule has 19 heavy (non-hydrogen) atoms. The molecule has 0 amide bonds. The summed E-state index contributed by atoms with van der Waals surface area (Å²) < 4.78 is 0. The molecule has 1 atom stereocenters. The summed E-state index contributed by atoms with van der Waals surface area (Å²) in [5, 5.41) is 3.37. The largest absolute Gasteiger partial charge is 0.341 e. The van der Waals surface area contributed by atoms with E-state index in [-0.39, 0.29) is 0 Å². The molecule has 4 heteroatoms. The Bertz CT molecular complexity index is 363. The molecule has 0 aliphatic carbocycles. The molecule has 1 N–H and O–H groups in total. The highest BCUT2D eigenvalue weighted by atomic mass is 15.3. The maximum atomic E-state index is 4.51. The molecule has 1 fully saturated rings. The van der Waals surface area contributed by atoms with E-state index < -0.39 is 0 Å². The summed E-state index contributed by atoms with van der Waals surface area (Å²) in [7, 11) is 0. The van der Waals surface area contributed by atoms with Crippen LogP contribution in [0.3, 0.4) is 0 Å². The molecular weight excluding hydrogens is 236 g/mol. The van der Waals surface area contributed by atoms with Crippen LogP contribution in [0.25, 0.3) is 0 Å². The molecule has 0 bridgehead atoms. The molecule has 106 valence electrons. The zero-order valence-electron chi connectivity index (χ0n) is 12.2. The second-order valence-corrected chi connectivity index (χ2v) is 5.46. The van der Waals surface area contributed by atoms with Crippen LogP contribution in [0.15, 0.2) is 12.4 Å². The summed E-state index contributed by atoms with van der Waals surface area (Å²) >= 11 is 0. The monoisotopic (exact) mass is 262 g/mol. The summed E-state index contributed by atoms with van der Waals surface area (Å²) in [4.78, 5) is 11.3. The summed E-state index contributed by atoms with van der Waals surface area (Å²) in [6, 6.07) is 0. The zero-order chi connectivity index (χ0) is 13.5. The fraction of sp³-hybridized carbons (Fsp3) is 0.733. The van der Waals surface area contributed by atoms with Gasteiger partial charge in [0.1, 0.15) is 0 Å². The molecule has 1 aliphatic heterocycles. The highest BCUT2D eigenvalue weighted by Crippen LogP contribution is 2.23. The van der Waals surface area contributed by atoms with Crippen molar-refractivity contribution in [3.05, 3.63) is 18.0 Å². The normalized spacial score (nSPS) is 19.1. The summed E-state index contributed by atoms with van der Waals surface area (Å²) in [6.07, 6.45) is 8.97. The van der Waals surface area contributed by atoms with Gasteiger partial charge in [0.25, 0.3) is 0 Å². The molecule has 0 aromatic carbocycles. The second-order valence-electron chi connectivity index (χ2n) is 5.46. The highest BCUT2D eigenvalue weighted by molar-refractivity contribution is 5.31. The maximum absolute atomic E-state index is 4.51. The number of nitrogens with one attached hydrogen (secondary N) is 1. The standard InChI is InChI=1S/C15H26N4/c1-3-5-13-6-8-19(12-13)15-17-10-14(11-18-15)9-16-7-4-2/h10-11,13,16H,3-9,12H2,1-2H3. The summed E-state index contributed by atoms with van der Waals surface area (Å²) in [5.74, 6) is 1.73. The molecule has 4 nitrogen and oxygen atoms in total. The SMILES string of the molecule is CCCNCc1cnc(N2CCC(CCC)C2)nc1. The Morgan fingerprint density at radius 3 is 2.74 bits per heavy atom. The average molecular weight is 262 g/mol. The minimum absolute atomic E-state index is 0.833. The number of rotatable bonds is 7. The van der Waals surface area contributed by atoms with E-state index in [2.05, 4.69) is 34.0 Å². The van der Waals surface area contributed by atoms with E-state index in [0.29, 0.717) is 0 Å². The Hall–Kier alpha value is -1.16. The quantitative estimate of drug-likeness (QED) is 0.767. The number of aromatic nitrogens is 2. The van der Waals surface area contributed by atoms with Crippen LogP contribution in [0.1, 0.15) is 45.1 Å². The van der Waals surface area contributed by atoms with Gasteiger partial charge in [-0.1, -0.05) is 20.3 Å². The molecule has 1 saturated heterocycles. The van der Waals surface area contributed by atoms with Crippen molar-refractivity contribution in [1.82, 2.24) is 15.3 Å². The Morgan fingerprint density at radius 2 is 2.05 bits per heavy atom.